The van der Waals surface area contributed by atoms with Crippen LogP contribution in [0.3, 0.4) is 0 Å². The number of nitrogens with zero attached hydrogens (tertiary/aromatic N) is 2. The molecule has 3 amide bonds. The number of hydrogen-bond donors (Lipinski definition) is 1. The minimum Gasteiger partial charge on any atom is -0.448 e. The van der Waals surface area contributed by atoms with Crippen LogP contribution in [-0.4, -0.2) is 63.0 Å². The second kappa shape index (κ2) is 13.2. The molecule has 0 aliphatic carbocycles. The highest BCUT2D eigenvalue weighted by Gasteiger charge is 2.55. The van der Waals surface area contributed by atoms with Crippen LogP contribution in [0.4, 0.5) is 4.79 Å². The first kappa shape index (κ1) is 31.6. The van der Waals surface area contributed by atoms with E-state index in [-0.39, 0.29) is 11.6 Å². The molecule has 238 valence electrons. The van der Waals surface area contributed by atoms with E-state index >= 15 is 0 Å². The lowest BCUT2D eigenvalue weighted by molar-refractivity contribution is -0.153. The van der Waals surface area contributed by atoms with Crippen molar-refractivity contribution in [3.8, 4) is 0 Å². The normalized spacial score (nSPS) is 20.6. The number of β-lactam (4-membered cyclic amide) rings is 1. The number of benzene rings is 2. The highest BCUT2D eigenvalue weighted by atomic mass is 32.2. The fraction of sp³-hybridized carbons (Fsp3) is 0.314. The van der Waals surface area contributed by atoms with Gasteiger partial charge in [-0.3, -0.25) is 14.5 Å². The smallest absolute Gasteiger partial charge is 0.408 e. The average molecular weight is 658 g/mol. The van der Waals surface area contributed by atoms with Gasteiger partial charge in [-0.05, 0) is 61.4 Å². The summed E-state index contributed by atoms with van der Waals surface area (Å²) in [4.78, 5) is 58.1. The van der Waals surface area contributed by atoms with Crippen molar-refractivity contribution in [2.24, 2.45) is 0 Å². The largest absolute Gasteiger partial charge is 0.448 e. The third-order valence-corrected chi connectivity index (χ3v) is 9.94. The summed E-state index contributed by atoms with van der Waals surface area (Å²) in [7, 11) is 0. The lowest BCUT2D eigenvalue weighted by atomic mass is 10.00. The Labute approximate surface area is 276 Å². The topological polar surface area (TPSA) is 105 Å². The van der Waals surface area contributed by atoms with Crippen LogP contribution in [0.1, 0.15) is 49.3 Å². The monoisotopic (exact) mass is 657 g/mol. The molecule has 4 heterocycles. The summed E-state index contributed by atoms with van der Waals surface area (Å²) in [6.45, 7) is 6.33. The Morgan fingerprint density at radius 1 is 1.00 bits per heavy atom. The van der Waals surface area contributed by atoms with Gasteiger partial charge < -0.3 is 19.7 Å². The Balaban J connectivity index is 1.32. The molecule has 3 aliphatic rings. The van der Waals surface area contributed by atoms with Gasteiger partial charge in [-0.25, -0.2) is 9.59 Å². The number of carbonyl (C=O) groups excluding carboxylic acids is 4. The summed E-state index contributed by atoms with van der Waals surface area (Å²) >= 11 is 3.02. The molecule has 2 fully saturated rings. The number of nitrogens with one attached hydrogen (secondary N) is 1. The molecule has 1 aromatic heterocycles. The van der Waals surface area contributed by atoms with Crippen molar-refractivity contribution in [2.45, 2.75) is 56.9 Å². The first-order valence-electron chi connectivity index (χ1n) is 15.1. The molecule has 0 unspecified atom stereocenters. The SMILES string of the molecule is CC(C)(C)OC(=O)N[C@@H]1C(=O)N2C(C(=O)OC(c3ccccc3)c3ccccc3)=C(/C=C3\CCN(Cc4cccs4)C3=O)CS[C@H]12. The number of fused-ring (bicyclic) bond motifs is 1. The second-order valence-corrected chi connectivity index (χ2v) is 14.4. The molecule has 46 heavy (non-hydrogen) atoms. The van der Waals surface area contributed by atoms with Crippen LogP contribution in [0.25, 0.3) is 0 Å². The zero-order valence-corrected chi connectivity index (χ0v) is 27.4. The summed E-state index contributed by atoms with van der Waals surface area (Å²) < 4.78 is 11.6. The number of hydrogen-bond acceptors (Lipinski definition) is 8. The molecule has 2 atom stereocenters. The van der Waals surface area contributed by atoms with Crippen LogP contribution >= 0.6 is 23.1 Å². The van der Waals surface area contributed by atoms with Crippen molar-refractivity contribution in [3.63, 3.8) is 0 Å². The number of alkyl carbamates (subject to hydrolysis) is 1. The molecule has 3 aromatic rings. The van der Waals surface area contributed by atoms with E-state index in [1.54, 1.807) is 43.1 Å². The van der Waals surface area contributed by atoms with Gasteiger partial charge in [-0.15, -0.1) is 23.1 Å². The maximum absolute atomic E-state index is 14.2. The van der Waals surface area contributed by atoms with Crippen LogP contribution in [0.15, 0.2) is 101 Å². The van der Waals surface area contributed by atoms with E-state index in [4.69, 9.17) is 9.47 Å². The van der Waals surface area contributed by atoms with Crippen molar-refractivity contribution >= 4 is 47.0 Å². The quantitative estimate of drug-likeness (QED) is 0.185. The first-order chi connectivity index (χ1) is 22.1. The van der Waals surface area contributed by atoms with Gasteiger partial charge in [0, 0.05) is 22.7 Å². The number of likely N-dealkylation sites (tertiary alicyclic amines) is 1. The number of ether oxygens (including phenoxy) is 2. The Hall–Kier alpha value is -4.35. The average Bonchev–Trinajstić information content (AvgIpc) is 3.68. The molecular formula is C35H35N3O6S2. The molecule has 2 aromatic carbocycles. The summed E-state index contributed by atoms with van der Waals surface area (Å²) in [6, 6.07) is 21.9. The van der Waals surface area contributed by atoms with Crippen LogP contribution < -0.4 is 5.32 Å². The van der Waals surface area contributed by atoms with Crippen molar-refractivity contribution in [3.05, 3.63) is 117 Å². The molecule has 0 radical (unpaired) electrons. The molecule has 0 bridgehead atoms. The van der Waals surface area contributed by atoms with Gasteiger partial charge in [-0.1, -0.05) is 66.7 Å². The predicted molar refractivity (Wildman–Crippen MR) is 177 cm³/mol. The van der Waals surface area contributed by atoms with E-state index in [9.17, 15) is 19.2 Å². The number of esters is 1. The van der Waals surface area contributed by atoms with Crippen molar-refractivity contribution in [1.82, 2.24) is 15.1 Å². The number of rotatable bonds is 8. The molecule has 3 aliphatic heterocycles. The van der Waals surface area contributed by atoms with Crippen LogP contribution in [0.2, 0.25) is 0 Å². The van der Waals surface area contributed by atoms with E-state index in [0.29, 0.717) is 36.4 Å². The number of allylic oxidation sites excluding steroid dienone is 1. The molecule has 0 spiro atoms. The Bertz CT molecular complexity index is 1640. The lowest BCUT2D eigenvalue weighted by Gasteiger charge is -2.49. The number of amides is 3. The van der Waals surface area contributed by atoms with Gasteiger partial charge in [0.05, 0.1) is 6.54 Å². The second-order valence-electron chi connectivity index (χ2n) is 12.2. The van der Waals surface area contributed by atoms with Gasteiger partial charge >= 0.3 is 12.1 Å². The van der Waals surface area contributed by atoms with Gasteiger partial charge in [0.25, 0.3) is 5.91 Å². The minimum atomic E-state index is -0.870. The molecule has 2 saturated heterocycles. The third kappa shape index (κ3) is 6.75. The molecule has 1 N–H and O–H groups in total. The van der Waals surface area contributed by atoms with Crippen LogP contribution in [-0.2, 0) is 30.4 Å². The number of thiophene rings is 1. The van der Waals surface area contributed by atoms with E-state index in [2.05, 4.69) is 5.32 Å². The Morgan fingerprint density at radius 2 is 1.67 bits per heavy atom. The Morgan fingerprint density at radius 3 is 2.28 bits per heavy atom. The van der Waals surface area contributed by atoms with Gasteiger partial charge in [-0.2, -0.15) is 0 Å². The van der Waals surface area contributed by atoms with Gasteiger partial charge in [0.2, 0.25) is 5.91 Å². The predicted octanol–water partition coefficient (Wildman–Crippen LogP) is 5.80. The summed E-state index contributed by atoms with van der Waals surface area (Å²) in [5.41, 5.74) is 2.02. The minimum absolute atomic E-state index is 0.0878. The van der Waals surface area contributed by atoms with Crippen molar-refractivity contribution in [2.75, 3.05) is 12.3 Å². The van der Waals surface area contributed by atoms with Crippen LogP contribution in [0, 0.1) is 0 Å². The fourth-order valence-electron chi connectivity index (χ4n) is 5.68. The first-order valence-corrected chi connectivity index (χ1v) is 17.0. The number of thioether (sulfide) groups is 1. The standard InChI is InChI=1S/C35H35N3O6S2/c1-35(2,3)44-34(42)36-27-31(40)38-28(33(41)43-29(22-11-6-4-7-12-22)23-13-8-5-9-14-23)25(21-46-32(27)38)19-24-16-17-37(30(24)39)20-26-15-10-18-45-26/h4-15,18-19,27,29,32H,16-17,20-21H2,1-3H3,(H,36,42)/b24-19+/t27-,32-/m1/s1. The Kier molecular flexibility index (Phi) is 9.06. The van der Waals surface area contributed by atoms with E-state index in [1.807, 2.05) is 78.2 Å². The summed E-state index contributed by atoms with van der Waals surface area (Å²) in [5.74, 6) is -0.876. The van der Waals surface area contributed by atoms with Gasteiger partial charge in [0.1, 0.15) is 22.7 Å². The van der Waals surface area contributed by atoms with E-state index < -0.39 is 41.1 Å². The molecule has 0 saturated carbocycles. The summed E-state index contributed by atoms with van der Waals surface area (Å²) in [6.07, 6.45) is 0.837. The molecule has 9 nitrogen and oxygen atoms in total. The molecular weight excluding hydrogens is 623 g/mol. The maximum atomic E-state index is 14.2. The number of carbonyl (C=O) groups is 4. The fourth-order valence-corrected chi connectivity index (χ4v) is 7.70. The highest BCUT2D eigenvalue weighted by Crippen LogP contribution is 2.42. The van der Waals surface area contributed by atoms with Gasteiger partial charge in [0.15, 0.2) is 6.10 Å². The maximum Gasteiger partial charge on any atom is 0.408 e. The zero-order valence-electron chi connectivity index (χ0n) is 25.8. The van der Waals surface area contributed by atoms with Crippen LogP contribution in [0.5, 0.6) is 0 Å². The summed E-state index contributed by atoms with van der Waals surface area (Å²) in [5, 5.41) is 4.12. The highest BCUT2D eigenvalue weighted by molar-refractivity contribution is 8.00. The zero-order chi connectivity index (χ0) is 32.4. The third-order valence-electron chi connectivity index (χ3n) is 7.78. The molecule has 11 heteroatoms. The van der Waals surface area contributed by atoms with Crippen molar-refractivity contribution in [1.29, 1.82) is 0 Å². The van der Waals surface area contributed by atoms with E-state index in [0.717, 1.165) is 16.0 Å². The van der Waals surface area contributed by atoms with E-state index in [1.165, 1.54) is 16.7 Å². The lowest BCUT2D eigenvalue weighted by Crippen LogP contribution is -2.70. The van der Waals surface area contributed by atoms with Crippen molar-refractivity contribution < 1.29 is 28.7 Å². The molecule has 6 rings (SSSR count).